The van der Waals surface area contributed by atoms with Gasteiger partial charge in [-0.15, -0.1) is 0 Å². The normalized spacial score (nSPS) is 17.7. The molecule has 39 heavy (non-hydrogen) atoms. The number of nitrogens with zero attached hydrogens (tertiary/aromatic N) is 4. The van der Waals surface area contributed by atoms with Crippen LogP contribution in [0.15, 0.2) is 36.8 Å². The summed E-state index contributed by atoms with van der Waals surface area (Å²) in [6, 6.07) is 2.37. The third-order valence-electron chi connectivity index (χ3n) is 6.86. The van der Waals surface area contributed by atoms with Crippen molar-refractivity contribution in [2.45, 2.75) is 51.1 Å². The van der Waals surface area contributed by atoms with Crippen molar-refractivity contribution in [1.82, 2.24) is 19.7 Å². The first-order chi connectivity index (χ1) is 18.4. The van der Waals surface area contributed by atoms with Crippen LogP contribution in [0.4, 0.5) is 17.6 Å². The lowest BCUT2D eigenvalue weighted by atomic mass is 9.86. The van der Waals surface area contributed by atoms with Crippen LogP contribution in [0.25, 0.3) is 0 Å². The molecule has 1 amide bonds. The zero-order valence-electron chi connectivity index (χ0n) is 20.7. The molecule has 208 valence electrons. The van der Waals surface area contributed by atoms with Crippen molar-refractivity contribution in [1.29, 1.82) is 0 Å². The Hall–Kier alpha value is -3.18. The second-order valence-corrected chi connectivity index (χ2v) is 10.4. The second-order valence-electron chi connectivity index (χ2n) is 9.55. The van der Waals surface area contributed by atoms with Crippen LogP contribution in [-0.2, 0) is 17.3 Å². The van der Waals surface area contributed by atoms with Crippen molar-refractivity contribution >= 4 is 35.1 Å². The van der Waals surface area contributed by atoms with Crippen LogP contribution in [0.2, 0.25) is 10.0 Å². The van der Waals surface area contributed by atoms with Crippen molar-refractivity contribution in [2.24, 2.45) is 5.92 Å². The van der Waals surface area contributed by atoms with Crippen LogP contribution < -0.4 is 0 Å². The van der Waals surface area contributed by atoms with Gasteiger partial charge in [0.15, 0.2) is 0 Å². The van der Waals surface area contributed by atoms with E-state index >= 15 is 8.78 Å². The molecular formula is C26H24Cl2F4N4O3. The quantitative estimate of drug-likeness (QED) is 0.308. The van der Waals surface area contributed by atoms with E-state index in [9.17, 15) is 23.5 Å². The maximum Gasteiger partial charge on any atom is 0.306 e. The largest absolute Gasteiger partial charge is 0.481 e. The van der Waals surface area contributed by atoms with Gasteiger partial charge in [-0.05, 0) is 50.3 Å². The fourth-order valence-corrected chi connectivity index (χ4v) is 5.58. The number of carbonyl (C=O) groups excluding carboxylic acids is 1. The minimum Gasteiger partial charge on any atom is -0.481 e. The summed E-state index contributed by atoms with van der Waals surface area (Å²) in [6.07, 6.45) is 5.19. The van der Waals surface area contributed by atoms with Gasteiger partial charge in [-0.2, -0.15) is 13.9 Å². The van der Waals surface area contributed by atoms with Gasteiger partial charge in [-0.3, -0.25) is 19.3 Å². The molecule has 7 nitrogen and oxygen atoms in total. The number of halogens is 6. The predicted octanol–water partition coefficient (Wildman–Crippen LogP) is 6.42. The fourth-order valence-electron chi connectivity index (χ4n) is 4.94. The van der Waals surface area contributed by atoms with Crippen LogP contribution in [0.1, 0.15) is 58.9 Å². The summed E-state index contributed by atoms with van der Waals surface area (Å²) in [5, 5.41) is 12.7. The number of carbonyl (C=O) groups is 2. The van der Waals surface area contributed by atoms with Crippen LogP contribution in [0.5, 0.6) is 0 Å². The molecule has 13 heteroatoms. The number of benzene rings is 1. The molecule has 1 aliphatic carbocycles. The number of hydrogen-bond donors (Lipinski definition) is 1. The van der Waals surface area contributed by atoms with E-state index in [2.05, 4.69) is 10.1 Å². The Balaban J connectivity index is 1.66. The van der Waals surface area contributed by atoms with Gasteiger partial charge < -0.3 is 10.0 Å². The second kappa shape index (κ2) is 11.5. The Morgan fingerprint density at radius 1 is 1.05 bits per heavy atom. The van der Waals surface area contributed by atoms with Crippen molar-refractivity contribution < 1.29 is 32.3 Å². The first-order valence-electron chi connectivity index (χ1n) is 12.1. The van der Waals surface area contributed by atoms with E-state index in [1.54, 1.807) is 11.6 Å². The Kier molecular flexibility index (Phi) is 8.51. The smallest absolute Gasteiger partial charge is 0.306 e. The molecule has 3 aromatic rings. The highest BCUT2D eigenvalue weighted by Crippen LogP contribution is 2.39. The first kappa shape index (κ1) is 28.8. The maximum absolute atomic E-state index is 15.6. The summed E-state index contributed by atoms with van der Waals surface area (Å²) in [5.74, 6) is -7.76. The summed E-state index contributed by atoms with van der Waals surface area (Å²) in [5.41, 5.74) is -0.347. The number of carboxylic acid groups (broad SMARTS) is 1. The maximum atomic E-state index is 15.6. The van der Waals surface area contributed by atoms with Crippen LogP contribution in [0, 0.1) is 24.5 Å². The summed E-state index contributed by atoms with van der Waals surface area (Å²) in [6.45, 7) is -0.141. The molecule has 0 aliphatic heterocycles. The molecule has 2 aromatic heterocycles. The third-order valence-corrected chi connectivity index (χ3v) is 7.43. The molecule has 1 fully saturated rings. The van der Waals surface area contributed by atoms with Gasteiger partial charge in [0.1, 0.15) is 11.6 Å². The molecule has 2 heterocycles. The van der Waals surface area contributed by atoms with Crippen molar-refractivity contribution in [3.05, 3.63) is 80.9 Å². The highest BCUT2D eigenvalue weighted by molar-refractivity contribution is 6.35. The lowest BCUT2D eigenvalue weighted by Crippen LogP contribution is -2.40. The molecule has 0 saturated heterocycles. The zero-order valence-corrected chi connectivity index (χ0v) is 22.2. The molecule has 0 spiro atoms. The van der Waals surface area contributed by atoms with Gasteiger partial charge in [-0.25, -0.2) is 8.78 Å². The van der Waals surface area contributed by atoms with Gasteiger partial charge >= 0.3 is 5.97 Å². The minimum absolute atomic E-state index is 0.0231. The number of carboxylic acids is 1. The van der Waals surface area contributed by atoms with E-state index in [0.29, 0.717) is 37.4 Å². The van der Waals surface area contributed by atoms with Crippen LogP contribution >= 0.6 is 23.2 Å². The van der Waals surface area contributed by atoms with Crippen molar-refractivity contribution in [3.8, 4) is 0 Å². The van der Waals surface area contributed by atoms with E-state index < -0.39 is 64.0 Å². The Morgan fingerprint density at radius 2 is 1.64 bits per heavy atom. The summed E-state index contributed by atoms with van der Waals surface area (Å²) in [4.78, 5) is 29.4. The summed E-state index contributed by atoms with van der Waals surface area (Å²) >= 11 is 11.9. The third kappa shape index (κ3) is 6.36. The number of aromatic nitrogens is 3. The molecule has 0 unspecified atom stereocenters. The first-order valence-corrected chi connectivity index (χ1v) is 12.8. The van der Waals surface area contributed by atoms with Gasteiger partial charge in [0.05, 0.1) is 45.9 Å². The molecule has 0 bridgehead atoms. The topological polar surface area (TPSA) is 88.3 Å². The van der Waals surface area contributed by atoms with E-state index in [1.165, 1.54) is 6.20 Å². The number of aliphatic carboxylic acids is 1. The lowest BCUT2D eigenvalue weighted by Gasteiger charge is -2.29. The number of hydrogen-bond acceptors (Lipinski definition) is 4. The SMILES string of the molecule is Cc1c(C(=O)N(Cc2cc(F)cc(F)c2)CC(F)(F)c2c(Cl)cncc2Cl)cnn1[C@H]1CC[C@H](C(=O)O)CC1. The van der Waals surface area contributed by atoms with Gasteiger partial charge in [0.25, 0.3) is 11.8 Å². The van der Waals surface area contributed by atoms with E-state index in [-0.39, 0.29) is 17.2 Å². The average molecular weight is 587 g/mol. The van der Waals surface area contributed by atoms with E-state index in [1.807, 2.05) is 0 Å². The number of amides is 1. The lowest BCUT2D eigenvalue weighted by molar-refractivity contribution is -0.143. The number of rotatable bonds is 8. The minimum atomic E-state index is -3.75. The standard InChI is InChI=1S/C26H24Cl2F4N4O3/c1-14-20(9-34-36(14)19-4-2-16(3-5-19)25(38)39)24(37)35(12-15-6-17(29)8-18(30)7-15)13-26(31,32)23-21(27)10-33-11-22(23)28/h6-11,16,19H,2-5,12-13H2,1H3,(H,38,39)/t16-,19-. The van der Waals surface area contributed by atoms with Gasteiger partial charge in [0, 0.05) is 30.7 Å². The van der Waals surface area contributed by atoms with Gasteiger partial charge in [-0.1, -0.05) is 23.2 Å². The molecule has 0 radical (unpaired) electrons. The fraction of sp³-hybridized carbons (Fsp3) is 0.385. The molecule has 1 aromatic carbocycles. The summed E-state index contributed by atoms with van der Waals surface area (Å²) < 4.78 is 60.5. The summed E-state index contributed by atoms with van der Waals surface area (Å²) in [7, 11) is 0. The predicted molar refractivity (Wildman–Crippen MR) is 135 cm³/mol. The molecule has 1 saturated carbocycles. The molecule has 4 rings (SSSR count). The van der Waals surface area contributed by atoms with Crippen molar-refractivity contribution in [2.75, 3.05) is 6.54 Å². The molecular weight excluding hydrogens is 563 g/mol. The van der Waals surface area contributed by atoms with Crippen molar-refractivity contribution in [3.63, 3.8) is 0 Å². The Bertz CT molecular complexity index is 1350. The average Bonchev–Trinajstić information content (AvgIpc) is 3.23. The highest BCUT2D eigenvalue weighted by Gasteiger charge is 2.40. The Morgan fingerprint density at radius 3 is 2.21 bits per heavy atom. The van der Waals surface area contributed by atoms with E-state index in [4.69, 9.17) is 23.2 Å². The zero-order chi connectivity index (χ0) is 28.5. The van der Waals surface area contributed by atoms with Crippen LogP contribution in [0.3, 0.4) is 0 Å². The Labute approximate surface area is 231 Å². The van der Waals surface area contributed by atoms with E-state index in [0.717, 1.165) is 29.4 Å². The molecule has 0 atom stereocenters. The molecule has 1 aliphatic rings. The monoisotopic (exact) mass is 586 g/mol. The van der Waals surface area contributed by atoms with Crippen LogP contribution in [-0.4, -0.2) is 43.2 Å². The number of pyridine rings is 1. The highest BCUT2D eigenvalue weighted by atomic mass is 35.5. The number of alkyl halides is 2. The molecule has 1 N–H and O–H groups in total. The van der Waals surface area contributed by atoms with Gasteiger partial charge in [0.2, 0.25) is 0 Å².